The van der Waals surface area contributed by atoms with E-state index in [0.717, 1.165) is 10.5 Å². The number of amides is 4. The minimum atomic E-state index is -0.750. The molecular weight excluding hydrogens is 386 g/mol. The lowest BCUT2D eigenvalue weighted by atomic mass is 9.78. The molecule has 8 heteroatoms. The molecule has 0 saturated carbocycles. The fourth-order valence-corrected chi connectivity index (χ4v) is 3.63. The van der Waals surface area contributed by atoms with Gasteiger partial charge in [-0.05, 0) is 30.5 Å². The minimum absolute atomic E-state index is 0.0145. The van der Waals surface area contributed by atoms with Gasteiger partial charge in [0.15, 0.2) is 0 Å². The fraction of sp³-hybridized carbons (Fsp3) is 0.545. The first kappa shape index (κ1) is 22.0. The number of ether oxygens (including phenoxy) is 1. The van der Waals surface area contributed by atoms with Crippen LogP contribution in [0.2, 0.25) is 0 Å². The van der Waals surface area contributed by atoms with E-state index < -0.39 is 11.3 Å². The molecule has 0 bridgehead atoms. The number of hydrogen-bond donors (Lipinski definition) is 1. The Balaban J connectivity index is 1.52. The molecular formula is C22H29N3O5. The Morgan fingerprint density at radius 3 is 2.33 bits per heavy atom. The second kappa shape index (κ2) is 8.95. The highest BCUT2D eigenvalue weighted by molar-refractivity contribution is 6.07. The summed E-state index contributed by atoms with van der Waals surface area (Å²) >= 11 is 0. The smallest absolute Gasteiger partial charge is 0.254 e. The first-order valence-electron chi connectivity index (χ1n) is 10.3. The van der Waals surface area contributed by atoms with E-state index >= 15 is 0 Å². The van der Waals surface area contributed by atoms with E-state index in [1.165, 1.54) is 0 Å². The van der Waals surface area contributed by atoms with E-state index in [-0.39, 0.29) is 43.1 Å². The summed E-state index contributed by atoms with van der Waals surface area (Å²) in [5, 5.41) is 2.74. The van der Waals surface area contributed by atoms with Gasteiger partial charge in [0.1, 0.15) is 6.54 Å². The van der Waals surface area contributed by atoms with Crippen LogP contribution in [0.15, 0.2) is 24.3 Å². The molecule has 2 aliphatic heterocycles. The number of hydrogen-bond acceptors (Lipinski definition) is 5. The summed E-state index contributed by atoms with van der Waals surface area (Å²) in [6.45, 7) is 7.83. The number of likely N-dealkylation sites (tertiary alicyclic amines) is 1. The molecule has 1 atom stereocenters. The van der Waals surface area contributed by atoms with Crippen LogP contribution in [-0.4, -0.2) is 66.3 Å². The Morgan fingerprint density at radius 2 is 1.77 bits per heavy atom. The Kier molecular flexibility index (Phi) is 6.55. The normalized spacial score (nSPS) is 22.0. The van der Waals surface area contributed by atoms with Crippen LogP contribution in [0.4, 0.5) is 0 Å². The quantitative estimate of drug-likeness (QED) is 0.705. The Morgan fingerprint density at radius 1 is 1.13 bits per heavy atom. The number of nitrogens with zero attached hydrogens (tertiary/aromatic N) is 2. The zero-order chi connectivity index (χ0) is 21.9. The molecule has 0 aliphatic carbocycles. The molecule has 0 aromatic heterocycles. The number of nitrogens with one attached hydrogen (secondary N) is 1. The lowest BCUT2D eigenvalue weighted by Gasteiger charge is -2.26. The van der Waals surface area contributed by atoms with Crippen LogP contribution in [0, 0.1) is 11.3 Å². The number of carbonyl (C=O) groups is 4. The summed E-state index contributed by atoms with van der Waals surface area (Å²) in [5.41, 5.74) is 0.668. The second-order valence-corrected chi connectivity index (χ2v) is 8.41. The topological polar surface area (TPSA) is 96.0 Å². The van der Waals surface area contributed by atoms with Crippen molar-refractivity contribution in [3.8, 4) is 0 Å². The molecule has 1 aromatic carbocycles. The molecule has 3 rings (SSSR count). The lowest BCUT2D eigenvalue weighted by molar-refractivity contribution is -0.145. The van der Waals surface area contributed by atoms with Gasteiger partial charge in [-0.2, -0.15) is 0 Å². The molecule has 2 saturated heterocycles. The van der Waals surface area contributed by atoms with Crippen LogP contribution < -0.4 is 5.32 Å². The fourth-order valence-electron chi connectivity index (χ4n) is 3.63. The zero-order valence-corrected chi connectivity index (χ0v) is 17.8. The summed E-state index contributed by atoms with van der Waals surface area (Å²) in [7, 11) is 0. The molecule has 2 heterocycles. The summed E-state index contributed by atoms with van der Waals surface area (Å²) in [4.78, 5) is 52.4. The second-order valence-electron chi connectivity index (χ2n) is 8.41. The average Bonchev–Trinajstić information content (AvgIpc) is 2.97. The van der Waals surface area contributed by atoms with Gasteiger partial charge in [0, 0.05) is 31.6 Å². The van der Waals surface area contributed by atoms with E-state index in [9.17, 15) is 19.2 Å². The maximum Gasteiger partial charge on any atom is 0.254 e. The first-order chi connectivity index (χ1) is 14.2. The molecule has 2 aliphatic rings. The lowest BCUT2D eigenvalue weighted by Crippen LogP contribution is -2.42. The Hall–Kier alpha value is -2.74. The van der Waals surface area contributed by atoms with Crippen molar-refractivity contribution in [2.45, 2.75) is 33.7 Å². The molecule has 1 aromatic rings. The average molecular weight is 415 g/mol. The summed E-state index contributed by atoms with van der Waals surface area (Å²) in [6.07, 6.45) is 0.134. The molecule has 0 unspecified atom stereocenters. The number of morpholine rings is 1. The van der Waals surface area contributed by atoms with Gasteiger partial charge in [-0.3, -0.25) is 24.1 Å². The highest BCUT2D eigenvalue weighted by atomic mass is 16.5. The summed E-state index contributed by atoms with van der Waals surface area (Å²) in [5.74, 6) is -1.01. The summed E-state index contributed by atoms with van der Waals surface area (Å²) < 4.78 is 5.26. The van der Waals surface area contributed by atoms with E-state index in [4.69, 9.17) is 4.74 Å². The van der Waals surface area contributed by atoms with Gasteiger partial charge in [-0.25, -0.2) is 0 Å². The molecule has 2 fully saturated rings. The van der Waals surface area contributed by atoms with E-state index in [1.54, 1.807) is 36.1 Å². The minimum Gasteiger partial charge on any atom is -0.378 e. The zero-order valence-electron chi connectivity index (χ0n) is 17.8. The predicted octanol–water partition coefficient (Wildman–Crippen LogP) is 1.20. The Bertz CT molecular complexity index is 830. The van der Waals surface area contributed by atoms with Gasteiger partial charge in [-0.15, -0.1) is 0 Å². The van der Waals surface area contributed by atoms with Crippen LogP contribution in [0.1, 0.15) is 43.1 Å². The predicted molar refractivity (Wildman–Crippen MR) is 109 cm³/mol. The summed E-state index contributed by atoms with van der Waals surface area (Å²) in [6, 6.07) is 7.05. The van der Waals surface area contributed by atoms with Crippen LogP contribution in [0.5, 0.6) is 0 Å². The van der Waals surface area contributed by atoms with Crippen LogP contribution in [-0.2, 0) is 25.7 Å². The number of rotatable bonds is 6. The van der Waals surface area contributed by atoms with E-state index in [0.29, 0.717) is 31.9 Å². The van der Waals surface area contributed by atoms with Crippen molar-refractivity contribution in [2.75, 3.05) is 32.8 Å². The third kappa shape index (κ3) is 4.53. The molecule has 0 spiro atoms. The molecule has 8 nitrogen and oxygen atoms in total. The van der Waals surface area contributed by atoms with Crippen LogP contribution >= 0.6 is 0 Å². The monoisotopic (exact) mass is 415 g/mol. The first-order valence-corrected chi connectivity index (χ1v) is 10.3. The van der Waals surface area contributed by atoms with Crippen LogP contribution in [0.25, 0.3) is 0 Å². The largest absolute Gasteiger partial charge is 0.378 e. The van der Waals surface area contributed by atoms with Crippen molar-refractivity contribution < 1.29 is 23.9 Å². The highest BCUT2D eigenvalue weighted by Crippen LogP contribution is 2.39. The van der Waals surface area contributed by atoms with Crippen molar-refractivity contribution in [2.24, 2.45) is 11.3 Å². The molecule has 30 heavy (non-hydrogen) atoms. The van der Waals surface area contributed by atoms with Crippen molar-refractivity contribution in [3.05, 3.63) is 35.4 Å². The standard InChI is InChI=1S/C22H29N3O5/c1-15(2)22(3)12-19(27)25(21(22)29)14-18(26)23-13-16-4-6-17(7-5-16)20(28)24-8-10-30-11-9-24/h4-7,15H,8-14H2,1-3H3,(H,23,26)/t22-/m1/s1. The molecule has 1 N–H and O–H groups in total. The number of imide groups is 1. The number of carbonyl (C=O) groups excluding carboxylic acids is 4. The van der Waals surface area contributed by atoms with Gasteiger partial charge in [0.2, 0.25) is 17.7 Å². The highest BCUT2D eigenvalue weighted by Gasteiger charge is 2.50. The van der Waals surface area contributed by atoms with Crippen LogP contribution in [0.3, 0.4) is 0 Å². The van der Waals surface area contributed by atoms with E-state index in [2.05, 4.69) is 5.32 Å². The SMILES string of the molecule is CC(C)[C@@]1(C)CC(=O)N(CC(=O)NCc2ccc(C(=O)N3CCOCC3)cc2)C1=O. The van der Waals surface area contributed by atoms with Crippen molar-refractivity contribution in [1.29, 1.82) is 0 Å². The van der Waals surface area contributed by atoms with Gasteiger partial charge < -0.3 is 15.0 Å². The van der Waals surface area contributed by atoms with Gasteiger partial charge in [-0.1, -0.05) is 26.0 Å². The third-order valence-electron chi connectivity index (χ3n) is 6.12. The molecule has 4 amide bonds. The van der Waals surface area contributed by atoms with Gasteiger partial charge >= 0.3 is 0 Å². The maximum atomic E-state index is 12.6. The number of benzene rings is 1. The van der Waals surface area contributed by atoms with Gasteiger partial charge in [0.05, 0.1) is 18.6 Å². The van der Waals surface area contributed by atoms with Crippen molar-refractivity contribution in [3.63, 3.8) is 0 Å². The molecule has 162 valence electrons. The Labute approximate surface area is 176 Å². The van der Waals surface area contributed by atoms with Crippen molar-refractivity contribution in [1.82, 2.24) is 15.1 Å². The van der Waals surface area contributed by atoms with Crippen molar-refractivity contribution >= 4 is 23.6 Å². The van der Waals surface area contributed by atoms with Gasteiger partial charge in [0.25, 0.3) is 5.91 Å². The molecule has 0 radical (unpaired) electrons. The maximum absolute atomic E-state index is 12.6. The third-order valence-corrected chi connectivity index (χ3v) is 6.12. The van der Waals surface area contributed by atoms with E-state index in [1.807, 2.05) is 13.8 Å².